The van der Waals surface area contributed by atoms with E-state index < -0.39 is 0 Å². The SMILES string of the molecule is CC(C)c1[nH]nc(C(=O)Nc2ccc(N3CCCCC3)cc2)c1Br. The average molecular weight is 391 g/mol. The van der Waals surface area contributed by atoms with Crippen LogP contribution in [0.15, 0.2) is 28.7 Å². The van der Waals surface area contributed by atoms with E-state index in [9.17, 15) is 4.79 Å². The number of nitrogens with zero attached hydrogens (tertiary/aromatic N) is 2. The van der Waals surface area contributed by atoms with Crippen LogP contribution in [-0.4, -0.2) is 29.2 Å². The maximum Gasteiger partial charge on any atom is 0.277 e. The van der Waals surface area contributed by atoms with Crippen molar-refractivity contribution in [3.63, 3.8) is 0 Å². The molecule has 1 aromatic heterocycles. The Hall–Kier alpha value is -1.82. The molecule has 6 heteroatoms. The zero-order valence-electron chi connectivity index (χ0n) is 14.1. The summed E-state index contributed by atoms with van der Waals surface area (Å²) < 4.78 is 0.736. The number of anilines is 2. The summed E-state index contributed by atoms with van der Waals surface area (Å²) in [6.45, 7) is 6.34. The second-order valence-corrected chi connectivity index (χ2v) is 7.30. The topological polar surface area (TPSA) is 61.0 Å². The van der Waals surface area contributed by atoms with Crippen molar-refractivity contribution in [2.24, 2.45) is 0 Å². The van der Waals surface area contributed by atoms with E-state index in [0.717, 1.165) is 28.9 Å². The van der Waals surface area contributed by atoms with Gasteiger partial charge in [-0.1, -0.05) is 13.8 Å². The Kier molecular flexibility index (Phi) is 5.23. The lowest BCUT2D eigenvalue weighted by molar-refractivity contribution is 0.102. The molecule has 0 saturated carbocycles. The summed E-state index contributed by atoms with van der Waals surface area (Å²) in [5.74, 6) is 0.0630. The molecule has 1 saturated heterocycles. The van der Waals surface area contributed by atoms with E-state index in [2.05, 4.69) is 62.3 Å². The normalized spacial score (nSPS) is 14.9. The van der Waals surface area contributed by atoms with Crippen LogP contribution in [0.5, 0.6) is 0 Å². The summed E-state index contributed by atoms with van der Waals surface area (Å²) in [6.07, 6.45) is 3.83. The van der Waals surface area contributed by atoms with Crippen molar-refractivity contribution in [3.8, 4) is 0 Å². The van der Waals surface area contributed by atoms with Gasteiger partial charge in [0, 0.05) is 24.5 Å². The van der Waals surface area contributed by atoms with Crippen LogP contribution in [0.4, 0.5) is 11.4 Å². The van der Waals surface area contributed by atoms with Crippen LogP contribution in [0.25, 0.3) is 0 Å². The van der Waals surface area contributed by atoms with Crippen molar-refractivity contribution in [3.05, 3.63) is 40.1 Å². The summed E-state index contributed by atoms with van der Waals surface area (Å²) in [7, 11) is 0. The number of aromatic amines is 1. The smallest absolute Gasteiger partial charge is 0.277 e. The van der Waals surface area contributed by atoms with Gasteiger partial charge in [-0.2, -0.15) is 5.10 Å². The molecule has 0 radical (unpaired) electrons. The second kappa shape index (κ2) is 7.38. The lowest BCUT2D eigenvalue weighted by Gasteiger charge is -2.28. The molecule has 1 aromatic carbocycles. The maximum atomic E-state index is 12.4. The van der Waals surface area contributed by atoms with Crippen LogP contribution in [0.2, 0.25) is 0 Å². The number of carbonyl (C=O) groups excluding carboxylic acids is 1. The van der Waals surface area contributed by atoms with Crippen molar-refractivity contribution in [1.82, 2.24) is 10.2 Å². The fourth-order valence-electron chi connectivity index (χ4n) is 2.97. The molecule has 1 aliphatic heterocycles. The number of H-pyrrole nitrogens is 1. The number of amides is 1. The quantitative estimate of drug-likeness (QED) is 0.805. The van der Waals surface area contributed by atoms with E-state index >= 15 is 0 Å². The van der Waals surface area contributed by atoms with Crippen LogP contribution in [0.1, 0.15) is 55.2 Å². The van der Waals surface area contributed by atoms with Crippen molar-refractivity contribution in [1.29, 1.82) is 0 Å². The van der Waals surface area contributed by atoms with Crippen LogP contribution in [0, 0.1) is 0 Å². The highest BCUT2D eigenvalue weighted by Gasteiger charge is 2.19. The van der Waals surface area contributed by atoms with Crippen molar-refractivity contribution < 1.29 is 4.79 Å². The van der Waals surface area contributed by atoms with Crippen molar-refractivity contribution in [2.45, 2.75) is 39.0 Å². The number of halogens is 1. The van der Waals surface area contributed by atoms with E-state index in [4.69, 9.17) is 0 Å². The van der Waals surface area contributed by atoms with E-state index in [-0.39, 0.29) is 11.8 Å². The Morgan fingerprint density at radius 1 is 1.21 bits per heavy atom. The summed E-state index contributed by atoms with van der Waals surface area (Å²) >= 11 is 3.47. The van der Waals surface area contributed by atoms with Gasteiger partial charge in [0.25, 0.3) is 5.91 Å². The first-order valence-electron chi connectivity index (χ1n) is 8.46. The van der Waals surface area contributed by atoms with E-state index in [1.165, 1.54) is 24.9 Å². The highest BCUT2D eigenvalue weighted by molar-refractivity contribution is 9.10. The molecule has 3 rings (SSSR count). The Labute approximate surface area is 151 Å². The first kappa shape index (κ1) is 17.0. The molecule has 2 heterocycles. The first-order chi connectivity index (χ1) is 11.6. The van der Waals surface area contributed by atoms with E-state index in [1.807, 2.05) is 12.1 Å². The Bertz CT molecular complexity index is 702. The van der Waals surface area contributed by atoms with Crippen molar-refractivity contribution >= 4 is 33.2 Å². The molecule has 2 aromatic rings. The van der Waals surface area contributed by atoms with Gasteiger partial charge in [0.05, 0.1) is 10.2 Å². The molecule has 1 aliphatic rings. The highest BCUT2D eigenvalue weighted by Crippen LogP contribution is 2.27. The fraction of sp³-hybridized carbons (Fsp3) is 0.444. The van der Waals surface area contributed by atoms with Crippen LogP contribution >= 0.6 is 15.9 Å². The minimum atomic E-state index is -0.212. The average Bonchev–Trinajstić information content (AvgIpc) is 2.98. The third-order valence-corrected chi connectivity index (χ3v) is 5.17. The lowest BCUT2D eigenvalue weighted by atomic mass is 10.1. The number of piperidine rings is 1. The maximum absolute atomic E-state index is 12.4. The monoisotopic (exact) mass is 390 g/mol. The van der Waals surface area contributed by atoms with Gasteiger partial charge in [0.15, 0.2) is 5.69 Å². The molecule has 0 aliphatic carbocycles. The largest absolute Gasteiger partial charge is 0.372 e. The molecule has 0 unspecified atom stereocenters. The number of rotatable bonds is 4. The van der Waals surface area contributed by atoms with Gasteiger partial charge in [-0.15, -0.1) is 0 Å². The number of carbonyl (C=O) groups is 1. The predicted octanol–water partition coefficient (Wildman–Crippen LogP) is 4.54. The van der Waals surface area contributed by atoms with Crippen LogP contribution < -0.4 is 10.2 Å². The Morgan fingerprint density at radius 3 is 2.46 bits per heavy atom. The van der Waals surface area contributed by atoms with Gasteiger partial charge in [-0.25, -0.2) is 0 Å². The minimum absolute atomic E-state index is 0.212. The highest BCUT2D eigenvalue weighted by atomic mass is 79.9. The third kappa shape index (κ3) is 3.64. The molecule has 2 N–H and O–H groups in total. The van der Waals surface area contributed by atoms with Gasteiger partial charge in [0.2, 0.25) is 0 Å². The molecule has 0 spiro atoms. The second-order valence-electron chi connectivity index (χ2n) is 6.50. The Balaban J connectivity index is 1.68. The zero-order chi connectivity index (χ0) is 17.1. The molecule has 0 atom stereocenters. The molecule has 5 nitrogen and oxygen atoms in total. The zero-order valence-corrected chi connectivity index (χ0v) is 15.7. The summed E-state index contributed by atoms with van der Waals surface area (Å²) in [5, 5.41) is 9.97. The fourth-order valence-corrected chi connectivity index (χ4v) is 3.79. The molecule has 24 heavy (non-hydrogen) atoms. The molecule has 0 bridgehead atoms. The molecular weight excluding hydrogens is 368 g/mol. The molecule has 1 amide bonds. The molecule has 128 valence electrons. The minimum Gasteiger partial charge on any atom is -0.372 e. The van der Waals surface area contributed by atoms with Crippen LogP contribution in [0.3, 0.4) is 0 Å². The summed E-state index contributed by atoms with van der Waals surface area (Å²) in [6, 6.07) is 8.04. The van der Waals surface area contributed by atoms with E-state index in [0.29, 0.717) is 5.69 Å². The van der Waals surface area contributed by atoms with Gasteiger partial charge in [0.1, 0.15) is 0 Å². The number of hydrogen-bond acceptors (Lipinski definition) is 3. The van der Waals surface area contributed by atoms with Gasteiger partial charge >= 0.3 is 0 Å². The van der Waals surface area contributed by atoms with E-state index in [1.54, 1.807) is 0 Å². The lowest BCUT2D eigenvalue weighted by Crippen LogP contribution is -2.29. The third-order valence-electron chi connectivity index (χ3n) is 4.37. The van der Waals surface area contributed by atoms with Crippen LogP contribution in [-0.2, 0) is 0 Å². The molecule has 1 fully saturated rings. The van der Waals surface area contributed by atoms with Gasteiger partial charge < -0.3 is 10.2 Å². The van der Waals surface area contributed by atoms with Crippen molar-refractivity contribution in [2.75, 3.05) is 23.3 Å². The number of hydrogen-bond donors (Lipinski definition) is 2. The number of benzene rings is 1. The predicted molar refractivity (Wildman–Crippen MR) is 101 cm³/mol. The summed E-state index contributed by atoms with van der Waals surface area (Å²) in [5.41, 5.74) is 3.32. The summed E-state index contributed by atoms with van der Waals surface area (Å²) in [4.78, 5) is 14.8. The van der Waals surface area contributed by atoms with Gasteiger partial charge in [-0.3, -0.25) is 9.89 Å². The molecular formula is C18H23BrN4O. The number of aromatic nitrogens is 2. The van der Waals surface area contributed by atoms with Gasteiger partial charge in [-0.05, 0) is 65.4 Å². The Morgan fingerprint density at radius 2 is 1.88 bits per heavy atom. The standard InChI is InChI=1S/C18H23BrN4O/c1-12(2)16-15(19)17(22-21-16)18(24)20-13-6-8-14(9-7-13)23-10-4-3-5-11-23/h6-9,12H,3-5,10-11H2,1-2H3,(H,20,24)(H,21,22). The first-order valence-corrected chi connectivity index (χ1v) is 9.25. The number of nitrogens with one attached hydrogen (secondary N) is 2.